The van der Waals surface area contributed by atoms with E-state index in [1.807, 2.05) is 49.4 Å². The number of hydrogen-bond donors (Lipinski definition) is 2. The molecule has 6 heteroatoms. The topological polar surface area (TPSA) is 67.0 Å². The van der Waals surface area contributed by atoms with Crippen LogP contribution in [-0.2, 0) is 16.0 Å². The number of ether oxygens (including phenoxy) is 1. The fourth-order valence-corrected chi connectivity index (χ4v) is 3.73. The number of aromatic amines is 1. The predicted molar refractivity (Wildman–Crippen MR) is 107 cm³/mol. The SMILES string of the molecule is Cc1n[nH]c2cc(/C=C/C(=O)N[C@H]3c4ccccc4C[C@@H]3OCCF)ccc12. The smallest absolute Gasteiger partial charge is 0.244 e. The van der Waals surface area contributed by atoms with Crippen molar-refractivity contribution >= 4 is 22.9 Å². The molecule has 0 bridgehead atoms. The molecule has 4 rings (SSSR count). The van der Waals surface area contributed by atoms with Crippen molar-refractivity contribution in [1.82, 2.24) is 15.5 Å². The molecular formula is C22H22FN3O2. The van der Waals surface area contributed by atoms with E-state index in [1.165, 1.54) is 6.08 Å². The largest absolute Gasteiger partial charge is 0.373 e. The van der Waals surface area contributed by atoms with Crippen molar-refractivity contribution in [3.63, 3.8) is 0 Å². The van der Waals surface area contributed by atoms with E-state index in [9.17, 15) is 9.18 Å². The number of aromatic nitrogens is 2. The van der Waals surface area contributed by atoms with Crippen molar-refractivity contribution in [2.45, 2.75) is 25.5 Å². The van der Waals surface area contributed by atoms with E-state index in [0.29, 0.717) is 6.42 Å². The second-order valence-electron chi connectivity index (χ2n) is 6.93. The molecule has 144 valence electrons. The third kappa shape index (κ3) is 3.68. The first-order valence-electron chi connectivity index (χ1n) is 9.34. The van der Waals surface area contributed by atoms with E-state index in [1.54, 1.807) is 6.08 Å². The molecular weight excluding hydrogens is 357 g/mol. The molecule has 0 spiro atoms. The first kappa shape index (κ1) is 18.4. The molecule has 2 aromatic carbocycles. The maximum absolute atomic E-state index is 12.6. The van der Waals surface area contributed by atoms with E-state index in [2.05, 4.69) is 15.5 Å². The summed E-state index contributed by atoms with van der Waals surface area (Å²) in [5, 5.41) is 11.2. The van der Waals surface area contributed by atoms with E-state index in [-0.39, 0.29) is 24.7 Å². The van der Waals surface area contributed by atoms with Crippen LogP contribution >= 0.6 is 0 Å². The number of amides is 1. The summed E-state index contributed by atoms with van der Waals surface area (Å²) in [7, 11) is 0. The predicted octanol–water partition coefficient (Wildman–Crippen LogP) is 3.65. The lowest BCUT2D eigenvalue weighted by Gasteiger charge is -2.21. The van der Waals surface area contributed by atoms with Crippen LogP contribution in [0.15, 0.2) is 48.5 Å². The Morgan fingerprint density at radius 2 is 2.21 bits per heavy atom. The molecule has 0 saturated carbocycles. The number of carbonyl (C=O) groups excluding carboxylic acids is 1. The summed E-state index contributed by atoms with van der Waals surface area (Å²) in [5.74, 6) is -0.212. The summed E-state index contributed by atoms with van der Waals surface area (Å²) in [4.78, 5) is 12.5. The average Bonchev–Trinajstić information content (AvgIpc) is 3.25. The van der Waals surface area contributed by atoms with Gasteiger partial charge in [0.25, 0.3) is 0 Å². The number of carbonyl (C=O) groups is 1. The van der Waals surface area contributed by atoms with Crippen LogP contribution in [0.4, 0.5) is 4.39 Å². The quantitative estimate of drug-likeness (QED) is 0.643. The number of nitrogens with one attached hydrogen (secondary N) is 2. The molecule has 0 aliphatic heterocycles. The Bertz CT molecular complexity index is 1030. The zero-order valence-electron chi connectivity index (χ0n) is 15.6. The van der Waals surface area contributed by atoms with Gasteiger partial charge in [-0.15, -0.1) is 0 Å². The fraction of sp³-hybridized carbons (Fsp3) is 0.273. The molecule has 3 aromatic rings. The van der Waals surface area contributed by atoms with Crippen molar-refractivity contribution in [1.29, 1.82) is 0 Å². The minimum atomic E-state index is -0.539. The molecule has 1 heterocycles. The van der Waals surface area contributed by atoms with Crippen LogP contribution in [0.5, 0.6) is 0 Å². The molecule has 28 heavy (non-hydrogen) atoms. The molecule has 0 saturated heterocycles. The minimum absolute atomic E-state index is 0.0322. The Morgan fingerprint density at radius 3 is 3.07 bits per heavy atom. The fourth-order valence-electron chi connectivity index (χ4n) is 3.73. The average molecular weight is 379 g/mol. The highest BCUT2D eigenvalue weighted by atomic mass is 19.1. The van der Waals surface area contributed by atoms with Gasteiger partial charge in [-0.25, -0.2) is 4.39 Å². The lowest BCUT2D eigenvalue weighted by Crippen LogP contribution is -2.34. The lowest BCUT2D eigenvalue weighted by atomic mass is 10.1. The molecule has 2 atom stereocenters. The van der Waals surface area contributed by atoms with E-state index in [4.69, 9.17) is 4.74 Å². The van der Waals surface area contributed by atoms with Crippen LogP contribution < -0.4 is 5.32 Å². The molecule has 1 amide bonds. The highest BCUT2D eigenvalue weighted by Gasteiger charge is 2.33. The van der Waals surface area contributed by atoms with Gasteiger partial charge >= 0.3 is 0 Å². The highest BCUT2D eigenvalue weighted by Crippen LogP contribution is 2.33. The molecule has 5 nitrogen and oxygen atoms in total. The van der Waals surface area contributed by atoms with E-state index >= 15 is 0 Å². The standard InChI is InChI=1S/C22H22FN3O2/c1-14-17-8-6-15(12-19(17)26-25-14)7-9-21(27)24-22-18-5-3-2-4-16(18)13-20(22)28-11-10-23/h2-9,12,20,22H,10-11,13H2,1H3,(H,24,27)(H,25,26)/b9-7+/t20-,22-/m0/s1. The Morgan fingerprint density at radius 1 is 1.36 bits per heavy atom. The van der Waals surface area contributed by atoms with Gasteiger partial charge in [0.1, 0.15) is 6.67 Å². The van der Waals surface area contributed by atoms with Gasteiger partial charge in [-0.05, 0) is 35.8 Å². The van der Waals surface area contributed by atoms with Crippen molar-refractivity contribution in [2.24, 2.45) is 0 Å². The minimum Gasteiger partial charge on any atom is -0.373 e. The Labute approximate surface area is 162 Å². The summed E-state index contributed by atoms with van der Waals surface area (Å²) in [6, 6.07) is 13.5. The maximum Gasteiger partial charge on any atom is 0.244 e. The first-order valence-corrected chi connectivity index (χ1v) is 9.34. The van der Waals surface area contributed by atoms with Crippen LogP contribution in [-0.4, -0.2) is 35.5 Å². The summed E-state index contributed by atoms with van der Waals surface area (Å²) in [6.07, 6.45) is 3.69. The number of H-pyrrole nitrogens is 1. The number of rotatable bonds is 6. The molecule has 1 aromatic heterocycles. The maximum atomic E-state index is 12.6. The van der Waals surface area contributed by atoms with Crippen molar-refractivity contribution in [3.8, 4) is 0 Å². The Hall–Kier alpha value is -2.99. The molecule has 1 aliphatic carbocycles. The first-order chi connectivity index (χ1) is 13.7. The van der Waals surface area contributed by atoms with Crippen LogP contribution in [0.2, 0.25) is 0 Å². The molecule has 2 N–H and O–H groups in total. The number of fused-ring (bicyclic) bond motifs is 2. The van der Waals surface area contributed by atoms with Crippen LogP contribution in [0.1, 0.15) is 28.4 Å². The number of hydrogen-bond acceptors (Lipinski definition) is 3. The molecule has 0 radical (unpaired) electrons. The van der Waals surface area contributed by atoms with Crippen LogP contribution in [0, 0.1) is 6.92 Å². The van der Waals surface area contributed by atoms with Crippen molar-refractivity contribution in [3.05, 3.63) is 70.9 Å². The van der Waals surface area contributed by atoms with E-state index in [0.717, 1.165) is 33.3 Å². The van der Waals surface area contributed by atoms with Crippen molar-refractivity contribution in [2.75, 3.05) is 13.3 Å². The summed E-state index contributed by atoms with van der Waals surface area (Å²) in [5.41, 5.74) is 4.94. The van der Waals surface area contributed by atoms with Crippen LogP contribution in [0.3, 0.4) is 0 Å². The van der Waals surface area contributed by atoms with Gasteiger partial charge in [-0.3, -0.25) is 9.89 Å². The highest BCUT2D eigenvalue weighted by molar-refractivity contribution is 5.93. The van der Waals surface area contributed by atoms with E-state index < -0.39 is 6.67 Å². The van der Waals surface area contributed by atoms with Crippen LogP contribution in [0.25, 0.3) is 17.0 Å². The lowest BCUT2D eigenvalue weighted by molar-refractivity contribution is -0.118. The molecule has 1 aliphatic rings. The molecule has 0 unspecified atom stereocenters. The zero-order valence-corrected chi connectivity index (χ0v) is 15.6. The van der Waals surface area contributed by atoms with Gasteiger partial charge in [-0.2, -0.15) is 5.10 Å². The van der Waals surface area contributed by atoms with Gasteiger partial charge < -0.3 is 10.1 Å². The monoisotopic (exact) mass is 379 g/mol. The number of nitrogens with zero attached hydrogens (tertiary/aromatic N) is 1. The number of aryl methyl sites for hydroxylation is 1. The summed E-state index contributed by atoms with van der Waals surface area (Å²) in [6.45, 7) is 1.44. The summed E-state index contributed by atoms with van der Waals surface area (Å²) >= 11 is 0. The Balaban J connectivity index is 1.48. The third-order valence-corrected chi connectivity index (χ3v) is 5.09. The number of alkyl halides is 1. The zero-order chi connectivity index (χ0) is 19.5. The third-order valence-electron chi connectivity index (χ3n) is 5.09. The normalized spacial score (nSPS) is 18.6. The van der Waals surface area contributed by atoms with Gasteiger partial charge in [0.2, 0.25) is 5.91 Å². The number of benzene rings is 2. The number of halogens is 1. The Kier molecular flexibility index (Phi) is 5.21. The van der Waals surface area contributed by atoms with Gasteiger partial charge in [0.05, 0.1) is 30.0 Å². The second kappa shape index (κ2) is 7.94. The molecule has 0 fully saturated rings. The van der Waals surface area contributed by atoms with Gasteiger partial charge in [0, 0.05) is 17.9 Å². The van der Waals surface area contributed by atoms with Gasteiger partial charge in [0.15, 0.2) is 0 Å². The second-order valence-corrected chi connectivity index (χ2v) is 6.93. The van der Waals surface area contributed by atoms with Gasteiger partial charge in [-0.1, -0.05) is 36.4 Å². The van der Waals surface area contributed by atoms with Crippen molar-refractivity contribution < 1.29 is 13.9 Å². The summed E-state index contributed by atoms with van der Waals surface area (Å²) < 4.78 is 18.2.